The van der Waals surface area contributed by atoms with Gasteiger partial charge in [0.25, 0.3) is 0 Å². The molecule has 0 aliphatic heterocycles. The van der Waals surface area contributed by atoms with E-state index in [0.29, 0.717) is 0 Å². The van der Waals surface area contributed by atoms with Gasteiger partial charge in [0.15, 0.2) is 0 Å². The maximum atomic E-state index is 5.33. The SMILES string of the molecule is C#Cc1ccc2ccc(OC)cc2c1. The Kier molecular flexibility index (Phi) is 2.12. The van der Waals surface area contributed by atoms with Crippen molar-refractivity contribution in [1.82, 2.24) is 0 Å². The Bertz CT molecular complexity index is 506. The van der Waals surface area contributed by atoms with Crippen molar-refractivity contribution in [2.75, 3.05) is 7.11 Å². The van der Waals surface area contributed by atoms with E-state index in [1.165, 1.54) is 5.39 Å². The third kappa shape index (κ3) is 1.43. The Hall–Kier alpha value is -1.94. The normalized spacial score (nSPS) is 9.71. The van der Waals surface area contributed by atoms with Crippen molar-refractivity contribution < 1.29 is 4.74 Å². The van der Waals surface area contributed by atoms with E-state index in [1.54, 1.807) is 7.11 Å². The van der Waals surface area contributed by atoms with Crippen molar-refractivity contribution in [1.29, 1.82) is 0 Å². The van der Waals surface area contributed by atoms with Crippen LogP contribution in [0.1, 0.15) is 5.56 Å². The molecule has 0 amide bonds. The third-order valence-corrected chi connectivity index (χ3v) is 2.21. The first kappa shape index (κ1) is 8.65. The Morgan fingerprint density at radius 1 is 1.07 bits per heavy atom. The number of rotatable bonds is 1. The molecule has 2 aromatic rings. The van der Waals surface area contributed by atoms with Crippen LogP contribution in [-0.2, 0) is 0 Å². The molecule has 0 unspecified atom stereocenters. The van der Waals surface area contributed by atoms with Crippen molar-refractivity contribution in [2.24, 2.45) is 0 Å². The quantitative estimate of drug-likeness (QED) is 0.616. The maximum Gasteiger partial charge on any atom is 0.119 e. The summed E-state index contributed by atoms with van der Waals surface area (Å²) in [6.45, 7) is 0. The van der Waals surface area contributed by atoms with Gasteiger partial charge < -0.3 is 4.74 Å². The second kappa shape index (κ2) is 3.43. The number of ether oxygens (including phenoxy) is 1. The highest BCUT2D eigenvalue weighted by atomic mass is 16.5. The van der Waals surface area contributed by atoms with Crippen molar-refractivity contribution in [2.45, 2.75) is 0 Å². The van der Waals surface area contributed by atoms with E-state index in [-0.39, 0.29) is 0 Å². The molecule has 0 atom stereocenters. The molecule has 0 saturated carbocycles. The molecule has 1 heteroatoms. The van der Waals surface area contributed by atoms with E-state index in [2.05, 4.69) is 5.92 Å². The minimum absolute atomic E-state index is 0.853. The molecule has 0 aliphatic rings. The molecule has 0 N–H and O–H groups in total. The summed E-state index contributed by atoms with van der Waals surface area (Å²) in [5, 5.41) is 2.28. The van der Waals surface area contributed by atoms with Crippen LogP contribution < -0.4 is 4.74 Å². The van der Waals surface area contributed by atoms with Crippen molar-refractivity contribution in [3.63, 3.8) is 0 Å². The van der Waals surface area contributed by atoms with Crippen LogP contribution in [0.15, 0.2) is 36.4 Å². The Morgan fingerprint density at radius 3 is 2.57 bits per heavy atom. The number of fused-ring (bicyclic) bond motifs is 1. The molecule has 0 aromatic heterocycles. The van der Waals surface area contributed by atoms with Gasteiger partial charge in [0.1, 0.15) is 5.75 Å². The van der Waals surface area contributed by atoms with Crippen LogP contribution in [0.2, 0.25) is 0 Å². The zero-order valence-corrected chi connectivity index (χ0v) is 7.95. The highest BCUT2D eigenvalue weighted by molar-refractivity contribution is 5.85. The number of terminal acetylenes is 1. The summed E-state index contributed by atoms with van der Waals surface area (Å²) in [7, 11) is 1.66. The summed E-state index contributed by atoms with van der Waals surface area (Å²) in [5.41, 5.74) is 0.894. The monoisotopic (exact) mass is 182 g/mol. The van der Waals surface area contributed by atoms with Crippen molar-refractivity contribution in [3.8, 4) is 18.1 Å². The minimum Gasteiger partial charge on any atom is -0.497 e. The summed E-state index contributed by atoms with van der Waals surface area (Å²) < 4.78 is 5.14. The summed E-state index contributed by atoms with van der Waals surface area (Å²) >= 11 is 0. The van der Waals surface area contributed by atoms with Crippen LogP contribution in [0.3, 0.4) is 0 Å². The summed E-state index contributed by atoms with van der Waals surface area (Å²) in [6, 6.07) is 11.9. The van der Waals surface area contributed by atoms with E-state index >= 15 is 0 Å². The molecule has 0 fully saturated rings. The van der Waals surface area contributed by atoms with Crippen molar-refractivity contribution in [3.05, 3.63) is 42.0 Å². The highest BCUT2D eigenvalue weighted by Crippen LogP contribution is 2.21. The van der Waals surface area contributed by atoms with Crippen LogP contribution in [0.5, 0.6) is 5.75 Å². The van der Waals surface area contributed by atoms with Crippen LogP contribution in [-0.4, -0.2) is 7.11 Å². The maximum absolute atomic E-state index is 5.33. The molecule has 0 saturated heterocycles. The first-order valence-corrected chi connectivity index (χ1v) is 4.38. The molecule has 0 heterocycles. The Balaban J connectivity index is 2.67. The first-order valence-electron chi connectivity index (χ1n) is 4.38. The van der Waals surface area contributed by atoms with Gasteiger partial charge >= 0.3 is 0 Å². The molecule has 0 aliphatic carbocycles. The minimum atomic E-state index is 0.853. The lowest BCUT2D eigenvalue weighted by Gasteiger charge is -2.02. The lowest BCUT2D eigenvalue weighted by atomic mass is 10.1. The molecule has 0 radical (unpaired) electrons. The molecule has 14 heavy (non-hydrogen) atoms. The topological polar surface area (TPSA) is 9.23 Å². The lowest BCUT2D eigenvalue weighted by molar-refractivity contribution is 0.415. The van der Waals surface area contributed by atoms with Crippen LogP contribution in [0.25, 0.3) is 10.8 Å². The van der Waals surface area contributed by atoms with E-state index in [4.69, 9.17) is 11.2 Å². The highest BCUT2D eigenvalue weighted by Gasteiger charge is 1.96. The second-order valence-corrected chi connectivity index (χ2v) is 3.07. The van der Waals surface area contributed by atoms with Crippen LogP contribution in [0, 0.1) is 12.3 Å². The zero-order valence-electron chi connectivity index (χ0n) is 7.95. The predicted molar refractivity (Wildman–Crippen MR) is 58.4 cm³/mol. The molecular weight excluding hydrogens is 172 g/mol. The number of hydrogen-bond acceptors (Lipinski definition) is 1. The smallest absolute Gasteiger partial charge is 0.119 e. The van der Waals surface area contributed by atoms with Gasteiger partial charge in [-0.3, -0.25) is 0 Å². The van der Waals surface area contributed by atoms with E-state index in [9.17, 15) is 0 Å². The summed E-state index contributed by atoms with van der Waals surface area (Å²) in [6.07, 6.45) is 5.33. The van der Waals surface area contributed by atoms with Gasteiger partial charge in [0.2, 0.25) is 0 Å². The zero-order chi connectivity index (χ0) is 9.97. The van der Waals surface area contributed by atoms with Gasteiger partial charge in [-0.1, -0.05) is 18.1 Å². The average molecular weight is 182 g/mol. The molecular formula is C13H10O. The standard InChI is InChI=1S/C13H10O/c1-3-10-4-5-11-6-7-13(14-2)9-12(11)8-10/h1,4-9H,2H3. The molecule has 0 bridgehead atoms. The van der Waals surface area contributed by atoms with Crippen LogP contribution in [0.4, 0.5) is 0 Å². The van der Waals surface area contributed by atoms with E-state index < -0.39 is 0 Å². The van der Waals surface area contributed by atoms with Gasteiger partial charge in [0, 0.05) is 5.56 Å². The number of benzene rings is 2. The van der Waals surface area contributed by atoms with Gasteiger partial charge in [-0.25, -0.2) is 0 Å². The van der Waals surface area contributed by atoms with Gasteiger partial charge in [0.05, 0.1) is 7.11 Å². The van der Waals surface area contributed by atoms with E-state index in [0.717, 1.165) is 16.7 Å². The fourth-order valence-corrected chi connectivity index (χ4v) is 1.44. The number of methoxy groups -OCH3 is 1. The van der Waals surface area contributed by atoms with Crippen LogP contribution >= 0.6 is 0 Å². The first-order chi connectivity index (χ1) is 6.83. The van der Waals surface area contributed by atoms with Gasteiger partial charge in [-0.05, 0) is 35.0 Å². The fraction of sp³-hybridized carbons (Fsp3) is 0.0769. The molecule has 2 aromatic carbocycles. The van der Waals surface area contributed by atoms with Gasteiger partial charge in [-0.2, -0.15) is 0 Å². The molecule has 1 nitrogen and oxygen atoms in total. The fourth-order valence-electron chi connectivity index (χ4n) is 1.44. The molecule has 0 spiro atoms. The largest absolute Gasteiger partial charge is 0.497 e. The molecule has 2 rings (SSSR count). The Morgan fingerprint density at radius 2 is 1.86 bits per heavy atom. The van der Waals surface area contributed by atoms with E-state index in [1.807, 2.05) is 36.4 Å². The Labute approximate surface area is 83.3 Å². The summed E-state index contributed by atoms with van der Waals surface area (Å²) in [4.78, 5) is 0. The average Bonchev–Trinajstić information content (AvgIpc) is 2.27. The lowest BCUT2D eigenvalue weighted by Crippen LogP contribution is -1.82. The van der Waals surface area contributed by atoms with Crippen molar-refractivity contribution >= 4 is 10.8 Å². The number of hydrogen-bond donors (Lipinski definition) is 0. The summed E-state index contributed by atoms with van der Waals surface area (Å²) in [5.74, 6) is 3.47. The molecule has 68 valence electrons. The second-order valence-electron chi connectivity index (χ2n) is 3.07. The van der Waals surface area contributed by atoms with Gasteiger partial charge in [-0.15, -0.1) is 6.42 Å². The predicted octanol–water partition coefficient (Wildman–Crippen LogP) is 2.83. The third-order valence-electron chi connectivity index (χ3n) is 2.21.